The molecule has 0 aromatic carbocycles. The molecule has 1 saturated heterocycles. The molecule has 1 aromatic heterocycles. The number of halogens is 1. The second kappa shape index (κ2) is 5.87. The van der Waals surface area contributed by atoms with Crippen LogP contribution in [0.15, 0.2) is 10.7 Å². The van der Waals surface area contributed by atoms with Gasteiger partial charge >= 0.3 is 0 Å². The first-order valence-electron chi connectivity index (χ1n) is 5.69. The zero-order valence-electron chi connectivity index (χ0n) is 9.37. The van der Waals surface area contributed by atoms with Gasteiger partial charge in [-0.15, -0.1) is 0 Å². The van der Waals surface area contributed by atoms with Gasteiger partial charge in [0.15, 0.2) is 0 Å². The molecule has 1 aliphatic heterocycles. The van der Waals surface area contributed by atoms with Gasteiger partial charge in [0.2, 0.25) is 0 Å². The normalized spacial score (nSPS) is 20.8. The van der Waals surface area contributed by atoms with E-state index in [0.29, 0.717) is 5.25 Å². The Labute approximate surface area is 109 Å². The van der Waals surface area contributed by atoms with E-state index in [-0.39, 0.29) is 0 Å². The summed E-state index contributed by atoms with van der Waals surface area (Å²) < 4.78 is 0.943. The van der Waals surface area contributed by atoms with Crippen molar-refractivity contribution in [2.45, 2.75) is 31.4 Å². The molecule has 2 rings (SSSR count). The molecule has 3 nitrogen and oxygen atoms in total. The fourth-order valence-corrected chi connectivity index (χ4v) is 3.35. The van der Waals surface area contributed by atoms with Crippen LogP contribution in [0.1, 0.15) is 37.3 Å². The van der Waals surface area contributed by atoms with Crippen LogP contribution in [0, 0.1) is 0 Å². The Morgan fingerprint density at radius 1 is 1.56 bits per heavy atom. The van der Waals surface area contributed by atoms with Crippen LogP contribution in [0.3, 0.4) is 0 Å². The van der Waals surface area contributed by atoms with Crippen LogP contribution >= 0.6 is 27.7 Å². The zero-order chi connectivity index (χ0) is 11.4. The summed E-state index contributed by atoms with van der Waals surface area (Å²) in [5.74, 6) is 3.13. The van der Waals surface area contributed by atoms with E-state index in [0.717, 1.165) is 22.7 Å². The van der Waals surface area contributed by atoms with Crippen LogP contribution in [0.5, 0.6) is 0 Å². The Balaban J connectivity index is 2.17. The molecule has 88 valence electrons. The van der Waals surface area contributed by atoms with E-state index in [1.165, 1.54) is 25.0 Å². The molecule has 16 heavy (non-hydrogen) atoms. The molecule has 1 aromatic rings. The number of thioether (sulfide) groups is 1. The lowest BCUT2D eigenvalue weighted by Gasteiger charge is -2.20. The van der Waals surface area contributed by atoms with E-state index >= 15 is 0 Å². The van der Waals surface area contributed by atoms with Gasteiger partial charge < -0.3 is 5.32 Å². The highest BCUT2D eigenvalue weighted by Crippen LogP contribution is 2.37. The molecular weight excluding hydrogens is 286 g/mol. The molecule has 0 spiro atoms. The van der Waals surface area contributed by atoms with E-state index < -0.39 is 0 Å². The van der Waals surface area contributed by atoms with Crippen molar-refractivity contribution in [3.63, 3.8) is 0 Å². The summed E-state index contributed by atoms with van der Waals surface area (Å²) >= 11 is 5.44. The summed E-state index contributed by atoms with van der Waals surface area (Å²) in [4.78, 5) is 9.02. The first kappa shape index (κ1) is 12.2. The largest absolute Gasteiger partial charge is 0.369 e. The molecule has 0 amide bonds. The maximum atomic E-state index is 4.60. The Kier molecular flexibility index (Phi) is 4.46. The van der Waals surface area contributed by atoms with Gasteiger partial charge in [0, 0.05) is 12.7 Å². The highest BCUT2D eigenvalue weighted by molar-refractivity contribution is 9.10. The van der Waals surface area contributed by atoms with Crippen molar-refractivity contribution in [2.24, 2.45) is 0 Å². The minimum absolute atomic E-state index is 0.485. The highest BCUT2D eigenvalue weighted by Gasteiger charge is 2.19. The first-order chi connectivity index (χ1) is 7.81. The Morgan fingerprint density at radius 3 is 3.12 bits per heavy atom. The summed E-state index contributed by atoms with van der Waals surface area (Å²) in [6, 6.07) is 0. The van der Waals surface area contributed by atoms with Crippen molar-refractivity contribution in [2.75, 3.05) is 17.6 Å². The monoisotopic (exact) mass is 301 g/mol. The third kappa shape index (κ3) is 2.88. The third-order valence-corrected chi connectivity index (χ3v) is 4.53. The van der Waals surface area contributed by atoms with Crippen LogP contribution in [0.4, 0.5) is 5.82 Å². The Morgan fingerprint density at radius 2 is 2.44 bits per heavy atom. The lowest BCUT2D eigenvalue weighted by molar-refractivity contribution is 0.662. The van der Waals surface area contributed by atoms with E-state index in [2.05, 4.69) is 38.1 Å². The topological polar surface area (TPSA) is 37.8 Å². The number of nitrogens with zero attached hydrogens (tertiary/aromatic N) is 2. The van der Waals surface area contributed by atoms with Gasteiger partial charge in [0.05, 0.1) is 9.72 Å². The predicted octanol–water partition coefficient (Wildman–Crippen LogP) is 3.63. The van der Waals surface area contributed by atoms with Gasteiger partial charge in [-0.3, -0.25) is 0 Å². The molecule has 2 heterocycles. The van der Waals surface area contributed by atoms with E-state index in [4.69, 9.17) is 0 Å². The van der Waals surface area contributed by atoms with Gasteiger partial charge in [0.25, 0.3) is 0 Å². The molecule has 1 N–H and O–H groups in total. The lowest BCUT2D eigenvalue weighted by Crippen LogP contribution is -2.09. The van der Waals surface area contributed by atoms with Crippen molar-refractivity contribution in [3.05, 3.63) is 16.5 Å². The van der Waals surface area contributed by atoms with Gasteiger partial charge in [-0.1, -0.05) is 6.42 Å². The molecule has 0 saturated carbocycles. The Bertz CT molecular complexity index is 353. The maximum absolute atomic E-state index is 4.60. The van der Waals surface area contributed by atoms with Crippen LogP contribution in [0.25, 0.3) is 0 Å². The van der Waals surface area contributed by atoms with E-state index in [1.807, 2.05) is 18.0 Å². The SMILES string of the molecule is CCNc1nc(C2CCCCS2)ncc1Br. The van der Waals surface area contributed by atoms with E-state index in [9.17, 15) is 0 Å². The van der Waals surface area contributed by atoms with Crippen molar-refractivity contribution in [1.82, 2.24) is 9.97 Å². The third-order valence-electron chi connectivity index (χ3n) is 2.57. The van der Waals surface area contributed by atoms with Gasteiger partial charge in [-0.25, -0.2) is 9.97 Å². The molecule has 0 aliphatic carbocycles. The molecule has 5 heteroatoms. The second-order valence-corrected chi connectivity index (χ2v) is 5.98. The lowest BCUT2D eigenvalue weighted by atomic mass is 10.2. The molecule has 0 radical (unpaired) electrons. The summed E-state index contributed by atoms with van der Waals surface area (Å²) in [7, 11) is 0. The van der Waals surface area contributed by atoms with Crippen LogP contribution in [-0.4, -0.2) is 22.3 Å². The molecule has 1 unspecified atom stereocenters. The number of hydrogen-bond donors (Lipinski definition) is 1. The summed E-state index contributed by atoms with van der Waals surface area (Å²) in [5.41, 5.74) is 0. The number of nitrogens with one attached hydrogen (secondary N) is 1. The minimum atomic E-state index is 0.485. The molecule has 1 aliphatic rings. The van der Waals surface area contributed by atoms with Crippen LogP contribution in [-0.2, 0) is 0 Å². The van der Waals surface area contributed by atoms with Crippen LogP contribution in [0.2, 0.25) is 0 Å². The molecule has 1 atom stereocenters. The fraction of sp³-hybridized carbons (Fsp3) is 0.636. The van der Waals surface area contributed by atoms with Crippen molar-refractivity contribution in [3.8, 4) is 0 Å². The predicted molar refractivity (Wildman–Crippen MR) is 72.9 cm³/mol. The molecular formula is C11H16BrN3S. The Hall–Kier alpha value is -0.290. The summed E-state index contributed by atoms with van der Waals surface area (Å²) in [6.45, 7) is 2.95. The van der Waals surface area contributed by atoms with Gasteiger partial charge in [0.1, 0.15) is 11.6 Å². The van der Waals surface area contributed by atoms with Gasteiger partial charge in [-0.2, -0.15) is 11.8 Å². The highest BCUT2D eigenvalue weighted by atomic mass is 79.9. The van der Waals surface area contributed by atoms with Crippen molar-refractivity contribution in [1.29, 1.82) is 0 Å². The van der Waals surface area contributed by atoms with Crippen LogP contribution < -0.4 is 5.32 Å². The first-order valence-corrected chi connectivity index (χ1v) is 7.53. The molecule has 0 bridgehead atoms. The summed E-state index contributed by atoms with van der Waals surface area (Å²) in [5, 5.41) is 3.73. The fourth-order valence-electron chi connectivity index (χ4n) is 1.77. The number of aromatic nitrogens is 2. The maximum Gasteiger partial charge on any atom is 0.144 e. The second-order valence-electron chi connectivity index (χ2n) is 3.81. The number of hydrogen-bond acceptors (Lipinski definition) is 4. The van der Waals surface area contributed by atoms with Gasteiger partial charge in [-0.05, 0) is 41.4 Å². The van der Waals surface area contributed by atoms with Crippen molar-refractivity contribution >= 4 is 33.5 Å². The zero-order valence-corrected chi connectivity index (χ0v) is 11.8. The average molecular weight is 302 g/mol. The molecule has 1 fully saturated rings. The average Bonchev–Trinajstić information content (AvgIpc) is 2.33. The number of anilines is 1. The smallest absolute Gasteiger partial charge is 0.144 e. The summed E-state index contributed by atoms with van der Waals surface area (Å²) in [6.07, 6.45) is 5.69. The van der Waals surface area contributed by atoms with E-state index in [1.54, 1.807) is 0 Å². The van der Waals surface area contributed by atoms with Crippen molar-refractivity contribution < 1.29 is 0 Å². The number of rotatable bonds is 3. The minimum Gasteiger partial charge on any atom is -0.369 e. The quantitative estimate of drug-likeness (QED) is 0.925. The standard InChI is InChI=1S/C11H16BrN3S/c1-2-13-10-8(12)7-14-11(15-10)9-5-3-4-6-16-9/h7,9H,2-6H2,1H3,(H,13,14,15).